The van der Waals surface area contributed by atoms with Gasteiger partial charge >= 0.3 is 0 Å². The van der Waals surface area contributed by atoms with Crippen LogP contribution in [0.1, 0.15) is 10.4 Å². The van der Waals surface area contributed by atoms with Crippen molar-refractivity contribution in [2.75, 3.05) is 0 Å². The maximum absolute atomic E-state index is 12.9. The first-order valence-electron chi connectivity index (χ1n) is 2.98. The quantitative estimate of drug-likeness (QED) is 0.421. The highest BCUT2D eigenvalue weighted by atomic mass is 35.5. The van der Waals surface area contributed by atoms with Crippen LogP contribution in [0.15, 0.2) is 6.07 Å². The Kier molecular flexibility index (Phi) is 3.41. The highest BCUT2D eigenvalue weighted by Gasteiger charge is 2.17. The summed E-state index contributed by atoms with van der Waals surface area (Å²) >= 11 is 21.6. The molecule has 0 radical (unpaired) electrons. The second-order valence-corrected chi connectivity index (χ2v) is 3.60. The van der Waals surface area contributed by atoms with Gasteiger partial charge in [0.2, 0.25) is 0 Å². The summed E-state index contributed by atoms with van der Waals surface area (Å²) in [5.74, 6) is -0.833. The monoisotopic (exact) mass is 260 g/mol. The summed E-state index contributed by atoms with van der Waals surface area (Å²) < 4.78 is 12.9. The van der Waals surface area contributed by atoms with E-state index in [2.05, 4.69) is 0 Å². The summed E-state index contributed by atoms with van der Waals surface area (Å²) in [5, 5.41) is -1.57. The van der Waals surface area contributed by atoms with E-state index >= 15 is 0 Å². The molecule has 1 aromatic carbocycles. The molecule has 0 unspecified atom stereocenters. The molecule has 0 amide bonds. The van der Waals surface area contributed by atoms with Crippen LogP contribution < -0.4 is 0 Å². The highest BCUT2D eigenvalue weighted by molar-refractivity contribution is 6.69. The Morgan fingerprint density at radius 3 is 2.15 bits per heavy atom. The molecule has 13 heavy (non-hydrogen) atoms. The summed E-state index contributed by atoms with van der Waals surface area (Å²) in [7, 11) is 0. The normalized spacial score (nSPS) is 10.2. The average Bonchev–Trinajstić information content (AvgIpc) is 2.07. The molecule has 70 valence electrons. The van der Waals surface area contributed by atoms with E-state index in [0.717, 1.165) is 6.07 Å². The van der Waals surface area contributed by atoms with Gasteiger partial charge in [-0.05, 0) is 17.7 Å². The van der Waals surface area contributed by atoms with Gasteiger partial charge in [0, 0.05) is 0 Å². The zero-order valence-corrected chi connectivity index (χ0v) is 8.90. The topological polar surface area (TPSA) is 17.1 Å². The van der Waals surface area contributed by atoms with Gasteiger partial charge in [-0.2, -0.15) is 0 Å². The molecular formula is C7HCl4FO. The fourth-order valence-electron chi connectivity index (χ4n) is 0.716. The van der Waals surface area contributed by atoms with Gasteiger partial charge in [0.05, 0.1) is 20.6 Å². The van der Waals surface area contributed by atoms with Crippen molar-refractivity contribution >= 4 is 51.6 Å². The van der Waals surface area contributed by atoms with Crippen molar-refractivity contribution in [2.24, 2.45) is 0 Å². The lowest BCUT2D eigenvalue weighted by Gasteiger charge is -2.03. The summed E-state index contributed by atoms with van der Waals surface area (Å²) in [6, 6.07) is 0.839. The lowest BCUT2D eigenvalue weighted by atomic mass is 10.2. The molecule has 0 saturated heterocycles. The lowest BCUT2D eigenvalue weighted by Crippen LogP contribution is -1.94. The van der Waals surface area contributed by atoms with Crippen LogP contribution in [0.4, 0.5) is 4.39 Å². The molecule has 0 atom stereocenters. The first-order chi connectivity index (χ1) is 5.95. The summed E-state index contributed by atoms with van der Waals surface area (Å²) in [6.45, 7) is 0. The van der Waals surface area contributed by atoms with Crippen LogP contribution in [0.5, 0.6) is 0 Å². The van der Waals surface area contributed by atoms with Crippen molar-refractivity contribution in [3.63, 3.8) is 0 Å². The minimum Gasteiger partial charge on any atom is -0.276 e. The van der Waals surface area contributed by atoms with E-state index in [1.807, 2.05) is 0 Å². The molecule has 0 aliphatic rings. The standard InChI is InChI=1S/C7HCl4FO/c8-4-2(7(11)13)1-3(12)5(9)6(4)10/h1H. The third-order valence-corrected chi connectivity index (χ3v) is 2.85. The summed E-state index contributed by atoms with van der Waals surface area (Å²) in [4.78, 5) is 10.7. The molecule has 0 aliphatic carbocycles. The first kappa shape index (κ1) is 11.1. The Labute approximate surface area is 93.3 Å². The number of benzene rings is 1. The largest absolute Gasteiger partial charge is 0.276 e. The fraction of sp³-hybridized carbons (Fsp3) is 0. The van der Waals surface area contributed by atoms with Gasteiger partial charge in [0.1, 0.15) is 5.82 Å². The molecule has 6 heteroatoms. The smallest absolute Gasteiger partial charge is 0.254 e. The van der Waals surface area contributed by atoms with E-state index in [1.165, 1.54) is 0 Å². The summed E-state index contributed by atoms with van der Waals surface area (Å²) in [5.41, 5.74) is -0.199. The second-order valence-electron chi connectivity index (χ2n) is 2.12. The Balaban J connectivity index is 3.50. The Morgan fingerprint density at radius 1 is 1.15 bits per heavy atom. The maximum Gasteiger partial charge on any atom is 0.254 e. The van der Waals surface area contributed by atoms with Crippen molar-refractivity contribution in [1.29, 1.82) is 0 Å². The van der Waals surface area contributed by atoms with E-state index in [1.54, 1.807) is 0 Å². The minimum atomic E-state index is -0.887. The van der Waals surface area contributed by atoms with Gasteiger partial charge in [0.25, 0.3) is 5.24 Å². The third-order valence-electron chi connectivity index (χ3n) is 1.31. The fourth-order valence-corrected chi connectivity index (χ4v) is 1.54. The van der Waals surface area contributed by atoms with Crippen LogP contribution in [0.3, 0.4) is 0 Å². The molecule has 0 fully saturated rings. The zero-order chi connectivity index (χ0) is 10.2. The molecule has 0 spiro atoms. The number of hydrogen-bond acceptors (Lipinski definition) is 1. The van der Waals surface area contributed by atoms with Crippen LogP contribution in [-0.2, 0) is 0 Å². The van der Waals surface area contributed by atoms with E-state index in [4.69, 9.17) is 46.4 Å². The number of carbonyl (C=O) groups excluding carboxylic acids is 1. The predicted molar refractivity (Wildman–Crippen MR) is 51.6 cm³/mol. The highest BCUT2D eigenvalue weighted by Crippen LogP contribution is 2.35. The molecule has 1 aromatic rings. The molecule has 0 N–H and O–H groups in total. The van der Waals surface area contributed by atoms with Crippen LogP contribution in [0, 0.1) is 5.82 Å². The van der Waals surface area contributed by atoms with Crippen LogP contribution >= 0.6 is 46.4 Å². The molecule has 0 aliphatic heterocycles. The van der Waals surface area contributed by atoms with Gasteiger partial charge in [-0.3, -0.25) is 4.79 Å². The van der Waals surface area contributed by atoms with Crippen molar-refractivity contribution in [2.45, 2.75) is 0 Å². The van der Waals surface area contributed by atoms with Crippen molar-refractivity contribution < 1.29 is 9.18 Å². The molecule has 0 saturated carbocycles. The van der Waals surface area contributed by atoms with E-state index in [9.17, 15) is 9.18 Å². The molecular weight excluding hydrogens is 261 g/mol. The third kappa shape index (κ3) is 2.08. The number of halogens is 5. The van der Waals surface area contributed by atoms with Crippen molar-refractivity contribution in [1.82, 2.24) is 0 Å². The van der Waals surface area contributed by atoms with E-state index < -0.39 is 11.1 Å². The van der Waals surface area contributed by atoms with Crippen molar-refractivity contribution in [3.8, 4) is 0 Å². The van der Waals surface area contributed by atoms with E-state index in [-0.39, 0.29) is 20.6 Å². The minimum absolute atomic E-state index is 0.145. The zero-order valence-electron chi connectivity index (χ0n) is 5.88. The average molecular weight is 262 g/mol. The van der Waals surface area contributed by atoms with Crippen LogP contribution in [-0.4, -0.2) is 5.24 Å². The van der Waals surface area contributed by atoms with Gasteiger partial charge in [0.15, 0.2) is 0 Å². The second kappa shape index (κ2) is 4.01. The molecule has 1 rings (SSSR count). The number of hydrogen-bond donors (Lipinski definition) is 0. The maximum atomic E-state index is 12.9. The van der Waals surface area contributed by atoms with Gasteiger partial charge in [-0.1, -0.05) is 34.8 Å². The number of rotatable bonds is 1. The Bertz CT molecular complexity index is 377. The van der Waals surface area contributed by atoms with Gasteiger partial charge in [-0.25, -0.2) is 4.39 Å². The van der Waals surface area contributed by atoms with Gasteiger partial charge in [-0.15, -0.1) is 0 Å². The van der Waals surface area contributed by atoms with Crippen molar-refractivity contribution in [3.05, 3.63) is 32.5 Å². The van der Waals surface area contributed by atoms with Crippen LogP contribution in [0.2, 0.25) is 15.1 Å². The van der Waals surface area contributed by atoms with E-state index in [0.29, 0.717) is 0 Å². The number of carbonyl (C=O) groups is 1. The first-order valence-corrected chi connectivity index (χ1v) is 4.49. The van der Waals surface area contributed by atoms with Gasteiger partial charge < -0.3 is 0 Å². The SMILES string of the molecule is O=C(Cl)c1cc(F)c(Cl)c(Cl)c1Cl. The Hall–Kier alpha value is -0.0200. The molecule has 0 bridgehead atoms. The molecule has 1 nitrogen and oxygen atoms in total. The van der Waals surface area contributed by atoms with Crippen LogP contribution in [0.25, 0.3) is 0 Å². The lowest BCUT2D eigenvalue weighted by molar-refractivity contribution is 0.108. The molecule has 0 heterocycles. The Morgan fingerprint density at radius 2 is 1.69 bits per heavy atom. The molecule has 0 aromatic heterocycles. The predicted octanol–water partition coefficient (Wildman–Crippen LogP) is 4.16. The summed E-state index contributed by atoms with van der Waals surface area (Å²) in [6.07, 6.45) is 0.